The number of hydrogen-bond donors (Lipinski definition) is 1. The Kier molecular flexibility index (Phi) is 4.42. The first kappa shape index (κ1) is 14.8. The molecule has 0 spiro atoms. The van der Waals surface area contributed by atoms with Crippen LogP contribution >= 0.6 is 15.9 Å². The van der Waals surface area contributed by atoms with Crippen molar-refractivity contribution < 1.29 is 9.72 Å². The lowest BCUT2D eigenvalue weighted by atomic mass is 9.96. The molecule has 1 aromatic carbocycles. The predicted octanol–water partition coefficient (Wildman–Crippen LogP) is 2.65. The minimum atomic E-state index is 0.176. The van der Waals surface area contributed by atoms with E-state index in [1.807, 2.05) is 37.3 Å². The van der Waals surface area contributed by atoms with Gasteiger partial charge >= 0.3 is 5.88 Å². The molecule has 0 bridgehead atoms. The molecule has 104 valence electrons. The first-order chi connectivity index (χ1) is 10.1. The summed E-state index contributed by atoms with van der Waals surface area (Å²) in [6.07, 6.45) is 0. The van der Waals surface area contributed by atoms with Crippen LogP contribution in [0.2, 0.25) is 0 Å². The molecule has 0 fully saturated rings. The Morgan fingerprint density at radius 2 is 2.00 bits per heavy atom. The van der Waals surface area contributed by atoms with Crippen LogP contribution in [0.1, 0.15) is 18.1 Å². The lowest BCUT2D eigenvalue weighted by molar-refractivity contribution is -0.377. The Morgan fingerprint density at radius 1 is 1.29 bits per heavy atom. The largest absolute Gasteiger partial charge is 0.462 e. The van der Waals surface area contributed by atoms with E-state index in [9.17, 15) is 10.5 Å². The van der Waals surface area contributed by atoms with Crippen molar-refractivity contribution in [1.29, 1.82) is 10.5 Å². The van der Waals surface area contributed by atoms with E-state index in [0.717, 1.165) is 10.0 Å². The molecule has 5 nitrogen and oxygen atoms in total. The number of aromatic nitrogens is 1. The molecule has 21 heavy (non-hydrogen) atoms. The lowest BCUT2D eigenvalue weighted by Gasteiger charge is -2.10. The molecule has 0 atom stereocenters. The van der Waals surface area contributed by atoms with Gasteiger partial charge in [0.15, 0.2) is 5.56 Å². The van der Waals surface area contributed by atoms with Gasteiger partial charge in [-0.1, -0.05) is 28.1 Å². The summed E-state index contributed by atoms with van der Waals surface area (Å²) in [7, 11) is 0. The molecule has 0 aliphatic carbocycles. The van der Waals surface area contributed by atoms with Crippen LogP contribution in [0.3, 0.4) is 0 Å². The van der Waals surface area contributed by atoms with E-state index in [4.69, 9.17) is 10.5 Å². The van der Waals surface area contributed by atoms with Gasteiger partial charge in [0.1, 0.15) is 17.7 Å². The van der Waals surface area contributed by atoms with E-state index in [2.05, 4.69) is 27.0 Å². The fraction of sp³-hybridized carbons (Fsp3) is 0.133. The number of hydrogen-bond acceptors (Lipinski definition) is 4. The van der Waals surface area contributed by atoms with Gasteiger partial charge in [-0.3, -0.25) is 5.73 Å². The highest BCUT2D eigenvalue weighted by atomic mass is 79.9. The molecule has 1 aromatic heterocycles. The van der Waals surface area contributed by atoms with Crippen molar-refractivity contribution in [2.24, 2.45) is 0 Å². The average molecular weight is 344 g/mol. The maximum Gasteiger partial charge on any atom is 0.301 e. The molecule has 2 rings (SSSR count). The van der Waals surface area contributed by atoms with Crippen LogP contribution < -0.4 is 15.5 Å². The highest BCUT2D eigenvalue weighted by molar-refractivity contribution is 9.10. The van der Waals surface area contributed by atoms with Gasteiger partial charge in [-0.2, -0.15) is 10.5 Å². The normalized spacial score (nSPS) is 9.71. The number of aromatic amines is 1. The Balaban J connectivity index is 2.85. The molecule has 0 radical (unpaired) electrons. The summed E-state index contributed by atoms with van der Waals surface area (Å²) in [6, 6.07) is 11.5. The standard InChI is InChI=1S/C15H11BrN4O/c1-2-21-15-12(8-18)13(11(7-17)14(19)20-15)9-4-3-5-10(16)6-9/h3-6H,2H2,1H3,(H2,19,20)/p+1. The van der Waals surface area contributed by atoms with Gasteiger partial charge in [-0.05, 0) is 24.6 Å². The molecule has 6 heteroatoms. The van der Waals surface area contributed by atoms with Crippen LogP contribution in [0.4, 0.5) is 5.82 Å². The molecule has 1 heterocycles. The zero-order valence-electron chi connectivity index (χ0n) is 11.3. The van der Waals surface area contributed by atoms with Gasteiger partial charge in [0.2, 0.25) is 0 Å². The minimum Gasteiger partial charge on any atom is -0.462 e. The Hall–Kier alpha value is -2.57. The summed E-state index contributed by atoms with van der Waals surface area (Å²) < 4.78 is 6.27. The number of anilines is 1. The molecule has 2 aromatic rings. The van der Waals surface area contributed by atoms with Crippen LogP contribution in [0, 0.1) is 22.7 Å². The molecule has 0 unspecified atom stereocenters. The first-order valence-electron chi connectivity index (χ1n) is 6.20. The van der Waals surface area contributed by atoms with Crippen molar-refractivity contribution in [3.05, 3.63) is 39.9 Å². The van der Waals surface area contributed by atoms with Crippen molar-refractivity contribution in [3.63, 3.8) is 0 Å². The summed E-state index contributed by atoms with van der Waals surface area (Å²) in [5.74, 6) is 0.446. The van der Waals surface area contributed by atoms with Crippen molar-refractivity contribution >= 4 is 21.7 Å². The zero-order chi connectivity index (χ0) is 15.4. The number of rotatable bonds is 3. The minimum absolute atomic E-state index is 0.176. The van der Waals surface area contributed by atoms with Crippen LogP contribution in [-0.2, 0) is 0 Å². The predicted molar refractivity (Wildman–Crippen MR) is 81.1 cm³/mol. The number of nitrogens with two attached hydrogens (primary N) is 1. The number of pyridine rings is 1. The fourth-order valence-corrected chi connectivity index (χ4v) is 2.43. The number of nitrogens with one attached hydrogen (secondary N) is 1. The third kappa shape index (κ3) is 2.81. The van der Waals surface area contributed by atoms with Crippen LogP contribution in [0.15, 0.2) is 28.7 Å². The van der Waals surface area contributed by atoms with E-state index < -0.39 is 0 Å². The van der Waals surface area contributed by atoms with Crippen LogP contribution in [0.5, 0.6) is 5.88 Å². The lowest BCUT2D eigenvalue weighted by Crippen LogP contribution is -2.19. The topological polar surface area (TPSA) is 97.0 Å². The first-order valence-corrected chi connectivity index (χ1v) is 6.99. The van der Waals surface area contributed by atoms with Crippen molar-refractivity contribution in [2.75, 3.05) is 12.3 Å². The quantitative estimate of drug-likeness (QED) is 0.926. The van der Waals surface area contributed by atoms with E-state index in [1.165, 1.54) is 0 Å². The van der Waals surface area contributed by atoms with Gasteiger partial charge in [-0.15, -0.1) is 0 Å². The van der Waals surface area contributed by atoms with E-state index in [0.29, 0.717) is 12.2 Å². The van der Waals surface area contributed by atoms with Gasteiger partial charge in [-0.25, -0.2) is 4.98 Å². The van der Waals surface area contributed by atoms with E-state index in [1.54, 1.807) is 0 Å². The number of nitriles is 2. The monoisotopic (exact) mass is 343 g/mol. The molecule has 0 saturated heterocycles. The highest BCUT2D eigenvalue weighted by Gasteiger charge is 2.24. The summed E-state index contributed by atoms with van der Waals surface area (Å²) in [5.41, 5.74) is 7.57. The second-order valence-corrected chi connectivity index (χ2v) is 5.08. The average Bonchev–Trinajstić information content (AvgIpc) is 2.47. The molecule has 0 amide bonds. The van der Waals surface area contributed by atoms with Gasteiger partial charge in [0, 0.05) is 10.0 Å². The smallest absolute Gasteiger partial charge is 0.301 e. The highest BCUT2D eigenvalue weighted by Crippen LogP contribution is 2.34. The molecule has 0 aliphatic heterocycles. The van der Waals surface area contributed by atoms with Crippen molar-refractivity contribution in [2.45, 2.75) is 6.92 Å². The third-order valence-corrected chi connectivity index (χ3v) is 3.36. The molecular weight excluding hydrogens is 332 g/mol. The SMILES string of the molecule is CCOc1[nH+]c(N)c(C#N)c(-c2cccc(Br)c2)c1C#N. The van der Waals surface area contributed by atoms with Gasteiger partial charge in [0.25, 0.3) is 5.82 Å². The number of benzene rings is 1. The maximum absolute atomic E-state index is 9.46. The molecular formula is C15H12BrN4O+. The Morgan fingerprint density at radius 3 is 2.57 bits per heavy atom. The molecule has 0 saturated carbocycles. The number of nitrogen functional groups attached to an aromatic ring is 1. The number of halogens is 1. The second kappa shape index (κ2) is 6.25. The second-order valence-electron chi connectivity index (χ2n) is 4.16. The number of H-pyrrole nitrogens is 1. The van der Waals surface area contributed by atoms with E-state index >= 15 is 0 Å². The van der Waals surface area contributed by atoms with Gasteiger partial charge < -0.3 is 4.74 Å². The summed E-state index contributed by atoms with van der Waals surface area (Å²) in [4.78, 5) is 2.77. The third-order valence-electron chi connectivity index (χ3n) is 2.87. The van der Waals surface area contributed by atoms with Crippen LogP contribution in [0.25, 0.3) is 11.1 Å². The Labute approximate surface area is 130 Å². The maximum atomic E-state index is 9.46. The summed E-state index contributed by atoms with van der Waals surface area (Å²) in [6.45, 7) is 2.19. The molecule has 3 N–H and O–H groups in total. The zero-order valence-corrected chi connectivity index (χ0v) is 12.9. The Bertz CT molecular complexity index is 774. The van der Waals surface area contributed by atoms with Crippen molar-refractivity contribution in [3.8, 4) is 29.1 Å². The van der Waals surface area contributed by atoms with E-state index in [-0.39, 0.29) is 22.8 Å². The van der Waals surface area contributed by atoms with Crippen molar-refractivity contribution in [1.82, 2.24) is 0 Å². The fourth-order valence-electron chi connectivity index (χ4n) is 2.03. The molecule has 0 aliphatic rings. The van der Waals surface area contributed by atoms with Crippen LogP contribution in [-0.4, -0.2) is 6.61 Å². The summed E-state index contributed by atoms with van der Waals surface area (Å²) >= 11 is 3.38. The summed E-state index contributed by atoms with van der Waals surface area (Å²) in [5, 5.41) is 18.8. The van der Waals surface area contributed by atoms with Gasteiger partial charge in [0.05, 0.1) is 6.61 Å². The number of ether oxygens (including phenoxy) is 1. The number of nitrogens with zero attached hydrogens (tertiary/aromatic N) is 2.